The average Bonchev–Trinajstić information content (AvgIpc) is 2.95. The van der Waals surface area contributed by atoms with Gasteiger partial charge in [0.05, 0.1) is 24.4 Å². The molecule has 21 heavy (non-hydrogen) atoms. The van der Waals surface area contributed by atoms with E-state index in [4.69, 9.17) is 4.74 Å². The lowest BCUT2D eigenvalue weighted by Crippen LogP contribution is -2.27. The van der Waals surface area contributed by atoms with Crippen LogP contribution in [0.4, 0.5) is 0 Å². The number of ether oxygens (including phenoxy) is 1. The fourth-order valence-corrected chi connectivity index (χ4v) is 3.14. The zero-order valence-electron chi connectivity index (χ0n) is 13.3. The standard InChI is InChI=1S/C16H27N3OS/c1-3-4-5-6-7-10-13-20-16-15(17-21-18-16)14-11-8-9-12-19(14)2/h8,11,14H,3-7,9-10,12-13H2,1-2H3. The largest absolute Gasteiger partial charge is 0.476 e. The quantitative estimate of drug-likeness (QED) is 0.506. The summed E-state index contributed by atoms with van der Waals surface area (Å²) in [4.78, 5) is 2.30. The van der Waals surface area contributed by atoms with Crippen molar-refractivity contribution in [1.29, 1.82) is 0 Å². The number of likely N-dealkylation sites (N-methyl/N-ethyl adjacent to an activating group) is 1. The molecule has 0 spiro atoms. The Morgan fingerprint density at radius 3 is 2.86 bits per heavy atom. The Kier molecular flexibility index (Phi) is 7.16. The summed E-state index contributed by atoms with van der Waals surface area (Å²) in [6.07, 6.45) is 13.2. The lowest BCUT2D eigenvalue weighted by atomic mass is 10.1. The predicted octanol–water partition coefficient (Wildman–Crippen LogP) is 4.21. The summed E-state index contributed by atoms with van der Waals surface area (Å²) in [6, 6.07) is 0.219. The van der Waals surface area contributed by atoms with Gasteiger partial charge >= 0.3 is 0 Å². The van der Waals surface area contributed by atoms with Crippen LogP contribution in [-0.4, -0.2) is 33.8 Å². The van der Waals surface area contributed by atoms with E-state index >= 15 is 0 Å². The van der Waals surface area contributed by atoms with Gasteiger partial charge < -0.3 is 4.74 Å². The fraction of sp³-hybridized carbons (Fsp3) is 0.750. The zero-order chi connectivity index (χ0) is 14.9. The second-order valence-electron chi connectivity index (χ2n) is 5.71. The first kappa shape index (κ1) is 16.4. The highest BCUT2D eigenvalue weighted by molar-refractivity contribution is 6.99. The van der Waals surface area contributed by atoms with Gasteiger partial charge in [-0.3, -0.25) is 4.90 Å². The summed E-state index contributed by atoms with van der Waals surface area (Å²) in [5, 5.41) is 0. The maximum atomic E-state index is 5.86. The third-order valence-corrected chi connectivity index (χ3v) is 4.47. The van der Waals surface area contributed by atoms with Crippen LogP contribution in [0.2, 0.25) is 0 Å². The average molecular weight is 309 g/mol. The van der Waals surface area contributed by atoms with Gasteiger partial charge in [-0.2, -0.15) is 4.37 Å². The molecule has 0 aliphatic carbocycles. The molecule has 0 aromatic carbocycles. The minimum Gasteiger partial charge on any atom is -0.476 e. The van der Waals surface area contributed by atoms with Crippen molar-refractivity contribution in [3.05, 3.63) is 17.8 Å². The van der Waals surface area contributed by atoms with Gasteiger partial charge in [0.25, 0.3) is 5.88 Å². The summed E-state index contributed by atoms with van der Waals surface area (Å²) in [5.41, 5.74) is 0.976. The molecule has 2 rings (SSSR count). The number of aromatic nitrogens is 2. The van der Waals surface area contributed by atoms with Crippen LogP contribution in [0.3, 0.4) is 0 Å². The van der Waals surface area contributed by atoms with Gasteiger partial charge in [0.2, 0.25) is 0 Å². The van der Waals surface area contributed by atoms with Crippen molar-refractivity contribution in [2.45, 2.75) is 57.9 Å². The van der Waals surface area contributed by atoms with Crippen molar-refractivity contribution in [2.75, 3.05) is 20.2 Å². The van der Waals surface area contributed by atoms with E-state index in [1.54, 1.807) is 0 Å². The summed E-state index contributed by atoms with van der Waals surface area (Å²) < 4.78 is 14.6. The Hall–Kier alpha value is -0.940. The maximum absolute atomic E-state index is 5.86. The van der Waals surface area contributed by atoms with E-state index in [0.29, 0.717) is 0 Å². The zero-order valence-corrected chi connectivity index (χ0v) is 14.1. The van der Waals surface area contributed by atoms with E-state index in [1.807, 2.05) is 0 Å². The molecule has 1 aliphatic rings. The van der Waals surface area contributed by atoms with Crippen LogP contribution in [0.1, 0.15) is 63.6 Å². The van der Waals surface area contributed by atoms with Gasteiger partial charge in [-0.25, -0.2) is 0 Å². The third kappa shape index (κ3) is 5.08. The number of nitrogens with zero attached hydrogens (tertiary/aromatic N) is 3. The summed E-state index contributed by atoms with van der Waals surface area (Å²) in [7, 11) is 2.13. The molecule has 2 heterocycles. The van der Waals surface area contributed by atoms with E-state index in [1.165, 1.54) is 43.8 Å². The Labute approximate surface area is 132 Å². The molecule has 0 bridgehead atoms. The lowest BCUT2D eigenvalue weighted by molar-refractivity contribution is 0.253. The molecular formula is C16H27N3OS. The Morgan fingerprint density at radius 2 is 2.05 bits per heavy atom. The van der Waals surface area contributed by atoms with Gasteiger partial charge in [0.15, 0.2) is 0 Å². The van der Waals surface area contributed by atoms with E-state index < -0.39 is 0 Å². The number of unbranched alkanes of at least 4 members (excludes halogenated alkanes) is 5. The smallest absolute Gasteiger partial charge is 0.251 e. The highest BCUT2D eigenvalue weighted by atomic mass is 32.1. The van der Waals surface area contributed by atoms with E-state index in [2.05, 4.69) is 39.8 Å². The molecule has 118 valence electrons. The molecular weight excluding hydrogens is 282 g/mol. The molecule has 5 heteroatoms. The molecule has 0 saturated heterocycles. The topological polar surface area (TPSA) is 38.3 Å². The second kappa shape index (κ2) is 9.15. The number of rotatable bonds is 9. The SMILES string of the molecule is CCCCCCCCOc1nsnc1C1C=CCCN1C. The molecule has 1 atom stereocenters. The van der Waals surface area contributed by atoms with Crippen molar-refractivity contribution in [3.8, 4) is 5.88 Å². The highest BCUT2D eigenvalue weighted by Crippen LogP contribution is 2.30. The Bertz CT molecular complexity index is 433. The molecule has 0 radical (unpaired) electrons. The van der Waals surface area contributed by atoms with E-state index in [-0.39, 0.29) is 6.04 Å². The molecule has 4 nitrogen and oxygen atoms in total. The normalized spacial score (nSPS) is 19.0. The molecule has 0 saturated carbocycles. The Balaban J connectivity index is 1.75. The molecule has 1 aromatic rings. The number of hydrogen-bond donors (Lipinski definition) is 0. The van der Waals surface area contributed by atoms with Gasteiger partial charge in [-0.15, -0.1) is 4.37 Å². The van der Waals surface area contributed by atoms with Crippen LogP contribution in [0, 0.1) is 0 Å². The third-order valence-electron chi connectivity index (χ3n) is 3.94. The monoisotopic (exact) mass is 309 g/mol. The molecule has 0 N–H and O–H groups in total. The molecule has 1 unspecified atom stereocenters. The van der Waals surface area contributed by atoms with Crippen LogP contribution in [0.25, 0.3) is 0 Å². The number of hydrogen-bond acceptors (Lipinski definition) is 5. The van der Waals surface area contributed by atoms with Gasteiger partial charge in [0, 0.05) is 6.54 Å². The van der Waals surface area contributed by atoms with Crippen LogP contribution in [-0.2, 0) is 0 Å². The first-order valence-corrected chi connectivity index (χ1v) is 8.88. The summed E-state index contributed by atoms with van der Waals surface area (Å²) in [6.45, 7) is 4.07. The Morgan fingerprint density at radius 1 is 1.24 bits per heavy atom. The first-order chi connectivity index (χ1) is 10.3. The first-order valence-electron chi connectivity index (χ1n) is 8.15. The minimum atomic E-state index is 0.219. The van der Waals surface area contributed by atoms with E-state index in [9.17, 15) is 0 Å². The van der Waals surface area contributed by atoms with Gasteiger partial charge in [0.1, 0.15) is 5.69 Å². The van der Waals surface area contributed by atoms with Crippen LogP contribution < -0.4 is 4.74 Å². The molecule has 0 amide bonds. The lowest BCUT2D eigenvalue weighted by Gasteiger charge is -2.27. The van der Waals surface area contributed by atoms with Crippen molar-refractivity contribution < 1.29 is 4.74 Å². The maximum Gasteiger partial charge on any atom is 0.251 e. The summed E-state index contributed by atoms with van der Waals surface area (Å²) in [5.74, 6) is 0.733. The molecule has 1 aromatic heterocycles. The minimum absolute atomic E-state index is 0.219. The van der Waals surface area contributed by atoms with Crippen molar-refractivity contribution in [1.82, 2.24) is 13.6 Å². The highest BCUT2D eigenvalue weighted by Gasteiger charge is 2.23. The summed E-state index contributed by atoms with van der Waals surface area (Å²) >= 11 is 1.25. The van der Waals surface area contributed by atoms with E-state index in [0.717, 1.165) is 37.6 Å². The van der Waals surface area contributed by atoms with Crippen molar-refractivity contribution >= 4 is 11.7 Å². The van der Waals surface area contributed by atoms with Crippen LogP contribution >= 0.6 is 11.7 Å². The fourth-order valence-electron chi connectivity index (χ4n) is 2.61. The molecule has 1 aliphatic heterocycles. The second-order valence-corrected chi connectivity index (χ2v) is 6.24. The van der Waals surface area contributed by atoms with Crippen LogP contribution in [0.15, 0.2) is 12.2 Å². The van der Waals surface area contributed by atoms with Gasteiger partial charge in [-0.05, 0) is 19.9 Å². The van der Waals surface area contributed by atoms with Crippen molar-refractivity contribution in [2.24, 2.45) is 0 Å². The molecule has 0 fully saturated rings. The van der Waals surface area contributed by atoms with Gasteiger partial charge in [-0.1, -0.05) is 51.2 Å². The van der Waals surface area contributed by atoms with Crippen molar-refractivity contribution in [3.63, 3.8) is 0 Å². The predicted molar refractivity (Wildman–Crippen MR) is 87.9 cm³/mol. The van der Waals surface area contributed by atoms with Crippen LogP contribution in [0.5, 0.6) is 5.88 Å².